The van der Waals surface area contributed by atoms with Crippen molar-refractivity contribution in [2.75, 3.05) is 26.4 Å². The lowest BCUT2D eigenvalue weighted by Gasteiger charge is -2.56. The van der Waals surface area contributed by atoms with Gasteiger partial charge < -0.3 is 14.6 Å². The van der Waals surface area contributed by atoms with Crippen molar-refractivity contribution in [3.8, 4) is 0 Å². The van der Waals surface area contributed by atoms with Crippen molar-refractivity contribution in [3.05, 3.63) is 0 Å². The minimum Gasteiger partial charge on any atom is -0.393 e. The molecule has 1 N–H and O–H groups in total. The normalized spacial score (nSPS) is 48.1. The Morgan fingerprint density at radius 1 is 0.923 bits per heavy atom. The Bertz CT molecular complexity index is 464. The molecule has 1 heterocycles. The van der Waals surface area contributed by atoms with Gasteiger partial charge in [-0.2, -0.15) is 0 Å². The van der Waals surface area contributed by atoms with Gasteiger partial charge in [0.25, 0.3) is 0 Å². The third kappa shape index (κ3) is 3.26. The lowest BCUT2D eigenvalue weighted by atomic mass is 9.49. The molecule has 1 saturated heterocycles. The molecular formula is C23H40O3. The highest BCUT2D eigenvalue weighted by atomic mass is 16.5. The molecule has 0 bridgehead atoms. The number of hydrogen-bond acceptors (Lipinski definition) is 3. The molecule has 0 aromatic rings. The van der Waals surface area contributed by atoms with Crippen LogP contribution in [0.3, 0.4) is 0 Å². The van der Waals surface area contributed by atoms with E-state index in [4.69, 9.17) is 9.47 Å². The highest BCUT2D eigenvalue weighted by molar-refractivity contribution is 5.07. The largest absolute Gasteiger partial charge is 0.393 e. The van der Waals surface area contributed by atoms with Gasteiger partial charge in [-0.3, -0.25) is 0 Å². The first-order chi connectivity index (χ1) is 12.7. The molecular weight excluding hydrogens is 324 g/mol. The smallest absolute Gasteiger partial charge is 0.0700 e. The summed E-state index contributed by atoms with van der Waals surface area (Å²) < 4.78 is 11.7. The second kappa shape index (κ2) is 8.09. The SMILES string of the molecule is CC[C@]12CCC3[C@@H](CC[C@@H]4COCCOCCC[C@H]34)C1CC[C@@H]2C(C)O. The van der Waals surface area contributed by atoms with E-state index in [1.54, 1.807) is 0 Å². The van der Waals surface area contributed by atoms with Crippen LogP contribution >= 0.6 is 0 Å². The van der Waals surface area contributed by atoms with Gasteiger partial charge in [0.2, 0.25) is 0 Å². The molecule has 3 aliphatic carbocycles. The summed E-state index contributed by atoms with van der Waals surface area (Å²) in [7, 11) is 0. The molecule has 3 unspecified atom stereocenters. The van der Waals surface area contributed by atoms with Crippen LogP contribution in [0.2, 0.25) is 0 Å². The Morgan fingerprint density at radius 2 is 1.77 bits per heavy atom. The molecule has 3 nitrogen and oxygen atoms in total. The third-order valence-corrected chi connectivity index (χ3v) is 9.07. The van der Waals surface area contributed by atoms with Gasteiger partial charge in [0.1, 0.15) is 0 Å². The van der Waals surface area contributed by atoms with Gasteiger partial charge in [-0.25, -0.2) is 0 Å². The van der Waals surface area contributed by atoms with E-state index in [1.165, 1.54) is 57.8 Å². The number of fused-ring (bicyclic) bond motifs is 5. The zero-order valence-electron chi connectivity index (χ0n) is 17.0. The van der Waals surface area contributed by atoms with Crippen molar-refractivity contribution in [1.29, 1.82) is 0 Å². The summed E-state index contributed by atoms with van der Waals surface area (Å²) >= 11 is 0. The summed E-state index contributed by atoms with van der Waals surface area (Å²) in [5, 5.41) is 10.5. The van der Waals surface area contributed by atoms with Crippen molar-refractivity contribution >= 4 is 0 Å². The van der Waals surface area contributed by atoms with Gasteiger partial charge in [0.15, 0.2) is 0 Å². The number of rotatable bonds is 2. The van der Waals surface area contributed by atoms with Gasteiger partial charge >= 0.3 is 0 Å². The Morgan fingerprint density at radius 3 is 2.58 bits per heavy atom. The van der Waals surface area contributed by atoms with Crippen LogP contribution in [-0.2, 0) is 9.47 Å². The predicted molar refractivity (Wildman–Crippen MR) is 104 cm³/mol. The lowest BCUT2D eigenvalue weighted by molar-refractivity contribution is -0.0978. The van der Waals surface area contributed by atoms with Crippen LogP contribution in [0.4, 0.5) is 0 Å². The highest BCUT2D eigenvalue weighted by Crippen LogP contribution is 2.65. The van der Waals surface area contributed by atoms with Crippen LogP contribution in [-0.4, -0.2) is 37.6 Å². The van der Waals surface area contributed by atoms with E-state index in [9.17, 15) is 5.11 Å². The standard InChI is InChI=1S/C23H40O3/c1-3-23-11-10-19-18-5-4-12-25-13-14-26-15-17(18)6-7-20(19)22(23)9-8-21(23)16(2)24/h16-22,24H,3-15H2,1-2H3/t16?,17-,18+,19?,20-,21-,22?,23-/m1/s1. The maximum atomic E-state index is 10.5. The first kappa shape index (κ1) is 19.2. The predicted octanol–water partition coefficient (Wildman–Crippen LogP) is 4.67. The van der Waals surface area contributed by atoms with Gasteiger partial charge in [-0.05, 0) is 106 Å². The second-order valence-electron chi connectivity index (χ2n) is 9.81. The lowest BCUT2D eigenvalue weighted by Crippen LogP contribution is -2.50. The molecule has 4 rings (SSSR count). The van der Waals surface area contributed by atoms with Crippen LogP contribution in [0.5, 0.6) is 0 Å². The van der Waals surface area contributed by atoms with Crippen molar-refractivity contribution in [3.63, 3.8) is 0 Å². The average Bonchev–Trinajstić information content (AvgIpc) is 3.05. The Balaban J connectivity index is 1.54. The first-order valence-electron chi connectivity index (χ1n) is 11.5. The van der Waals surface area contributed by atoms with E-state index < -0.39 is 0 Å². The van der Waals surface area contributed by atoms with Crippen LogP contribution < -0.4 is 0 Å². The minimum atomic E-state index is -0.132. The molecule has 26 heavy (non-hydrogen) atoms. The van der Waals surface area contributed by atoms with E-state index in [2.05, 4.69) is 6.92 Å². The fourth-order valence-electron chi connectivity index (χ4n) is 8.04. The fraction of sp³-hybridized carbons (Fsp3) is 1.00. The molecule has 0 radical (unpaired) electrons. The second-order valence-corrected chi connectivity index (χ2v) is 9.81. The van der Waals surface area contributed by atoms with E-state index in [0.29, 0.717) is 11.3 Å². The quantitative estimate of drug-likeness (QED) is 0.774. The summed E-state index contributed by atoms with van der Waals surface area (Å²) in [5.41, 5.74) is 0.428. The Kier molecular flexibility index (Phi) is 5.98. The zero-order valence-corrected chi connectivity index (χ0v) is 17.0. The number of hydrogen-bond donors (Lipinski definition) is 1. The van der Waals surface area contributed by atoms with Crippen molar-refractivity contribution in [2.45, 2.75) is 77.7 Å². The number of aliphatic hydroxyl groups excluding tert-OH is 1. The molecule has 3 saturated carbocycles. The van der Waals surface area contributed by atoms with E-state index >= 15 is 0 Å². The number of aliphatic hydroxyl groups is 1. The van der Waals surface area contributed by atoms with Crippen molar-refractivity contribution in [1.82, 2.24) is 0 Å². The van der Waals surface area contributed by atoms with E-state index in [0.717, 1.165) is 56.0 Å². The summed E-state index contributed by atoms with van der Waals surface area (Å²) in [5.74, 6) is 4.82. The molecule has 0 amide bonds. The number of ether oxygens (including phenoxy) is 2. The Hall–Kier alpha value is -0.120. The van der Waals surface area contributed by atoms with E-state index in [1.807, 2.05) is 6.92 Å². The van der Waals surface area contributed by atoms with Gasteiger partial charge in [0, 0.05) is 13.2 Å². The summed E-state index contributed by atoms with van der Waals surface area (Å²) in [6.45, 7) is 7.86. The molecule has 150 valence electrons. The summed E-state index contributed by atoms with van der Waals surface area (Å²) in [4.78, 5) is 0. The maximum absolute atomic E-state index is 10.5. The molecule has 0 aromatic carbocycles. The first-order valence-corrected chi connectivity index (χ1v) is 11.5. The van der Waals surface area contributed by atoms with Crippen molar-refractivity contribution < 1.29 is 14.6 Å². The van der Waals surface area contributed by atoms with Gasteiger partial charge in [0.05, 0.1) is 19.3 Å². The Labute approximate surface area is 160 Å². The van der Waals surface area contributed by atoms with Gasteiger partial charge in [-0.1, -0.05) is 6.92 Å². The average molecular weight is 365 g/mol. The molecule has 0 spiro atoms. The van der Waals surface area contributed by atoms with Crippen LogP contribution in [0.15, 0.2) is 0 Å². The highest BCUT2D eigenvalue weighted by Gasteiger charge is 2.58. The molecule has 8 atom stereocenters. The summed E-state index contributed by atoms with van der Waals surface area (Å²) in [6, 6.07) is 0. The van der Waals surface area contributed by atoms with E-state index in [-0.39, 0.29) is 6.10 Å². The molecule has 4 aliphatic rings. The molecule has 1 aliphatic heterocycles. The van der Waals surface area contributed by atoms with Crippen LogP contribution in [0, 0.1) is 40.9 Å². The third-order valence-electron chi connectivity index (χ3n) is 9.07. The van der Waals surface area contributed by atoms with Crippen LogP contribution in [0.1, 0.15) is 71.6 Å². The minimum absolute atomic E-state index is 0.132. The zero-order chi connectivity index (χ0) is 18.1. The molecule has 0 aromatic heterocycles. The monoisotopic (exact) mass is 364 g/mol. The molecule has 3 heteroatoms. The van der Waals surface area contributed by atoms with Gasteiger partial charge in [-0.15, -0.1) is 0 Å². The van der Waals surface area contributed by atoms with Crippen LogP contribution in [0.25, 0.3) is 0 Å². The topological polar surface area (TPSA) is 38.7 Å². The van der Waals surface area contributed by atoms with Crippen molar-refractivity contribution in [2.24, 2.45) is 40.9 Å². The summed E-state index contributed by atoms with van der Waals surface area (Å²) in [6.07, 6.45) is 11.8. The fourth-order valence-corrected chi connectivity index (χ4v) is 8.04. The molecule has 4 fully saturated rings. The maximum Gasteiger partial charge on any atom is 0.0700 e.